The number of aryl methyl sites for hydroxylation is 1. The number of carboxylic acid groups (broad SMARTS) is 1. The highest BCUT2D eigenvalue weighted by Gasteiger charge is 2.28. The predicted octanol–water partition coefficient (Wildman–Crippen LogP) is 5.16. The maximum Gasteiger partial charge on any atom is 0.352 e. The van der Waals surface area contributed by atoms with Crippen molar-refractivity contribution in [3.05, 3.63) is 78.1 Å². The van der Waals surface area contributed by atoms with Crippen molar-refractivity contribution in [3.63, 3.8) is 0 Å². The topological polar surface area (TPSA) is 112 Å². The van der Waals surface area contributed by atoms with Crippen LogP contribution in [0.3, 0.4) is 0 Å². The lowest BCUT2D eigenvalue weighted by Crippen LogP contribution is -2.03. The van der Waals surface area contributed by atoms with Crippen molar-refractivity contribution in [2.24, 2.45) is 0 Å². The van der Waals surface area contributed by atoms with Gasteiger partial charge in [0.2, 0.25) is 9.84 Å². The number of aromatic nitrogens is 2. The number of aromatic amines is 2. The van der Waals surface area contributed by atoms with Crippen molar-refractivity contribution < 1.29 is 23.1 Å². The van der Waals surface area contributed by atoms with Crippen LogP contribution in [0.25, 0.3) is 32.9 Å². The second-order valence-corrected chi connectivity index (χ2v) is 9.71. The van der Waals surface area contributed by atoms with E-state index in [0.717, 1.165) is 16.5 Å². The quantitative estimate of drug-likeness (QED) is 0.335. The molecule has 8 heteroatoms. The number of benzene rings is 3. The van der Waals surface area contributed by atoms with Gasteiger partial charge < -0.3 is 19.8 Å². The molecule has 0 aliphatic heterocycles. The lowest BCUT2D eigenvalue weighted by molar-refractivity contribution is 0.0692. The largest absolute Gasteiger partial charge is 0.497 e. The summed E-state index contributed by atoms with van der Waals surface area (Å²) in [5, 5.41) is 11.0. The molecule has 166 valence electrons. The number of sulfone groups is 1. The molecule has 0 fully saturated rings. The van der Waals surface area contributed by atoms with Gasteiger partial charge in [0, 0.05) is 39.1 Å². The maximum atomic E-state index is 13.6. The first kappa shape index (κ1) is 20.8. The molecule has 0 saturated carbocycles. The Bertz CT molecular complexity index is 1640. The summed E-state index contributed by atoms with van der Waals surface area (Å²) in [4.78, 5) is 18.4. The highest BCUT2D eigenvalue weighted by Crippen LogP contribution is 2.41. The zero-order chi connectivity index (χ0) is 23.3. The van der Waals surface area contributed by atoms with Gasteiger partial charge >= 0.3 is 5.97 Å². The molecule has 3 N–H and O–H groups in total. The van der Waals surface area contributed by atoms with E-state index in [-0.39, 0.29) is 15.5 Å². The monoisotopic (exact) mass is 460 g/mol. The van der Waals surface area contributed by atoms with Gasteiger partial charge in [0.15, 0.2) is 0 Å². The average molecular weight is 461 g/mol. The van der Waals surface area contributed by atoms with Gasteiger partial charge in [-0.05, 0) is 49.4 Å². The molecule has 0 aliphatic rings. The van der Waals surface area contributed by atoms with Gasteiger partial charge in [0.1, 0.15) is 11.4 Å². The molecule has 0 saturated heterocycles. The third-order valence-electron chi connectivity index (χ3n) is 5.78. The molecule has 0 amide bonds. The average Bonchev–Trinajstić information content (AvgIpc) is 3.39. The van der Waals surface area contributed by atoms with Crippen LogP contribution in [0.4, 0.5) is 0 Å². The fraction of sp³-hybridized carbons (Fsp3) is 0.0800. The second-order valence-electron chi connectivity index (χ2n) is 7.79. The number of aromatic carboxylic acids is 1. The van der Waals surface area contributed by atoms with Gasteiger partial charge in [-0.2, -0.15) is 0 Å². The summed E-state index contributed by atoms with van der Waals surface area (Å²) in [5.41, 5.74) is 2.93. The normalized spacial score (nSPS) is 11.8. The van der Waals surface area contributed by atoms with Crippen LogP contribution in [0.1, 0.15) is 16.1 Å². The summed E-state index contributed by atoms with van der Waals surface area (Å²) in [6.45, 7) is 1.88. The van der Waals surface area contributed by atoms with Gasteiger partial charge in [-0.3, -0.25) is 0 Å². The Morgan fingerprint density at radius 3 is 2.45 bits per heavy atom. The van der Waals surface area contributed by atoms with E-state index in [9.17, 15) is 18.3 Å². The minimum absolute atomic E-state index is 0.0415. The fourth-order valence-corrected chi connectivity index (χ4v) is 5.63. The van der Waals surface area contributed by atoms with Crippen LogP contribution in [0.5, 0.6) is 5.75 Å². The predicted molar refractivity (Wildman–Crippen MR) is 126 cm³/mol. The van der Waals surface area contributed by atoms with Crippen LogP contribution in [0, 0.1) is 6.92 Å². The summed E-state index contributed by atoms with van der Waals surface area (Å²) >= 11 is 0. The van der Waals surface area contributed by atoms with Crippen LogP contribution in [-0.4, -0.2) is 36.6 Å². The van der Waals surface area contributed by atoms with Crippen molar-refractivity contribution in [1.82, 2.24) is 9.97 Å². The number of nitrogens with one attached hydrogen (secondary N) is 2. The number of rotatable bonds is 5. The number of hydrogen-bond donors (Lipinski definition) is 3. The first-order valence-corrected chi connectivity index (χ1v) is 11.6. The Labute approximate surface area is 189 Å². The Hall–Kier alpha value is -4.04. The number of fused-ring (bicyclic) bond motifs is 2. The van der Waals surface area contributed by atoms with Crippen LogP contribution in [0.2, 0.25) is 0 Å². The number of carbonyl (C=O) groups is 1. The van der Waals surface area contributed by atoms with E-state index < -0.39 is 15.8 Å². The molecule has 2 aromatic heterocycles. The minimum atomic E-state index is -3.92. The van der Waals surface area contributed by atoms with Gasteiger partial charge in [0.25, 0.3) is 0 Å². The summed E-state index contributed by atoms with van der Waals surface area (Å²) in [7, 11) is -2.37. The zero-order valence-electron chi connectivity index (χ0n) is 17.8. The highest BCUT2D eigenvalue weighted by atomic mass is 32.2. The number of carboxylic acids is 1. The number of hydrogen-bond acceptors (Lipinski definition) is 4. The van der Waals surface area contributed by atoms with Crippen molar-refractivity contribution in [2.75, 3.05) is 7.11 Å². The molecule has 0 spiro atoms. The molecular weight excluding hydrogens is 440 g/mol. The summed E-state index contributed by atoms with van der Waals surface area (Å²) in [6.07, 6.45) is 1.69. The summed E-state index contributed by atoms with van der Waals surface area (Å²) < 4.78 is 32.6. The van der Waals surface area contributed by atoms with E-state index in [1.54, 1.807) is 61.8 Å². The number of ether oxygens (including phenoxy) is 1. The van der Waals surface area contributed by atoms with Crippen molar-refractivity contribution >= 4 is 37.6 Å². The van der Waals surface area contributed by atoms with Crippen molar-refractivity contribution in [3.8, 4) is 16.9 Å². The molecule has 3 aromatic carbocycles. The van der Waals surface area contributed by atoms with Gasteiger partial charge in [0.05, 0.1) is 16.9 Å². The van der Waals surface area contributed by atoms with E-state index in [4.69, 9.17) is 4.74 Å². The molecule has 0 aliphatic carbocycles. The Balaban J connectivity index is 1.88. The van der Waals surface area contributed by atoms with Gasteiger partial charge in [-0.1, -0.05) is 23.8 Å². The van der Waals surface area contributed by atoms with Crippen molar-refractivity contribution in [2.45, 2.75) is 16.7 Å². The molecular formula is C25H20N2O5S. The molecule has 2 heterocycles. The smallest absolute Gasteiger partial charge is 0.352 e. The van der Waals surface area contributed by atoms with Crippen LogP contribution in [-0.2, 0) is 9.84 Å². The third kappa shape index (κ3) is 3.27. The maximum absolute atomic E-state index is 13.6. The van der Waals surface area contributed by atoms with E-state index in [1.165, 1.54) is 6.07 Å². The fourth-order valence-electron chi connectivity index (χ4n) is 4.15. The highest BCUT2D eigenvalue weighted by molar-refractivity contribution is 7.91. The first-order chi connectivity index (χ1) is 15.8. The summed E-state index contributed by atoms with van der Waals surface area (Å²) in [6, 6.07) is 16.8. The molecule has 0 bridgehead atoms. The first-order valence-electron chi connectivity index (χ1n) is 10.2. The molecule has 0 radical (unpaired) electrons. The third-order valence-corrected chi connectivity index (χ3v) is 7.59. The van der Waals surface area contributed by atoms with Gasteiger partial charge in [-0.15, -0.1) is 0 Å². The number of methoxy groups -OCH3 is 1. The molecule has 5 rings (SSSR count). The van der Waals surface area contributed by atoms with E-state index >= 15 is 0 Å². The Morgan fingerprint density at radius 2 is 1.76 bits per heavy atom. The molecule has 5 aromatic rings. The van der Waals surface area contributed by atoms with Crippen LogP contribution < -0.4 is 4.74 Å². The SMILES string of the molecule is COc1ccc2[nH]cc(-c3c(C(=O)O)[nH]c4cccc(S(=O)(=O)c5ccc(C)cc5)c34)c2c1. The Kier molecular flexibility index (Phi) is 4.75. The van der Waals surface area contributed by atoms with E-state index in [0.29, 0.717) is 27.8 Å². The lowest BCUT2D eigenvalue weighted by Gasteiger charge is -2.09. The summed E-state index contributed by atoms with van der Waals surface area (Å²) in [5.74, 6) is -0.579. The van der Waals surface area contributed by atoms with Crippen LogP contribution in [0.15, 0.2) is 76.7 Å². The van der Waals surface area contributed by atoms with E-state index in [1.807, 2.05) is 13.0 Å². The molecule has 7 nitrogen and oxygen atoms in total. The van der Waals surface area contributed by atoms with Gasteiger partial charge in [-0.25, -0.2) is 13.2 Å². The Morgan fingerprint density at radius 1 is 1.00 bits per heavy atom. The zero-order valence-corrected chi connectivity index (χ0v) is 18.7. The minimum Gasteiger partial charge on any atom is -0.497 e. The lowest BCUT2D eigenvalue weighted by atomic mass is 10.0. The number of H-pyrrole nitrogens is 2. The molecule has 33 heavy (non-hydrogen) atoms. The van der Waals surface area contributed by atoms with Crippen LogP contribution >= 0.6 is 0 Å². The molecule has 0 unspecified atom stereocenters. The molecule has 0 atom stereocenters. The van der Waals surface area contributed by atoms with E-state index in [2.05, 4.69) is 9.97 Å². The standard InChI is InChI=1S/C25H20N2O5S/c1-14-6-9-16(10-7-14)33(30,31)21-5-3-4-20-23(21)22(24(27-20)25(28)29)18-13-26-19-11-8-15(32-2)12-17(18)19/h3-13,26-27H,1-2H3,(H,28,29). The second kappa shape index (κ2) is 7.53. The van der Waals surface area contributed by atoms with Crippen molar-refractivity contribution in [1.29, 1.82) is 0 Å².